The Morgan fingerprint density at radius 3 is 3.19 bits per heavy atom. The van der Waals surface area contributed by atoms with E-state index in [-0.39, 0.29) is 5.82 Å². The summed E-state index contributed by atoms with van der Waals surface area (Å²) in [5.74, 6) is 0.601. The molecular formula is C12H13FN2S. The molecule has 1 N–H and O–H groups in total. The summed E-state index contributed by atoms with van der Waals surface area (Å²) in [5.41, 5.74) is 0.877. The molecule has 1 heterocycles. The maximum absolute atomic E-state index is 13.0. The topological polar surface area (TPSA) is 24.9 Å². The van der Waals surface area contributed by atoms with E-state index < -0.39 is 0 Å². The third-order valence-corrected chi connectivity index (χ3v) is 4.06. The Balaban J connectivity index is 1.83. The van der Waals surface area contributed by atoms with Crippen molar-refractivity contribution in [3.63, 3.8) is 0 Å². The number of nitrogens with one attached hydrogen (secondary N) is 1. The summed E-state index contributed by atoms with van der Waals surface area (Å²) in [6.45, 7) is 2.21. The van der Waals surface area contributed by atoms with Gasteiger partial charge in [-0.1, -0.05) is 24.7 Å². The lowest BCUT2D eigenvalue weighted by molar-refractivity contribution is 0.630. The van der Waals surface area contributed by atoms with Crippen LogP contribution in [0.15, 0.2) is 18.2 Å². The molecule has 2 aromatic rings. The summed E-state index contributed by atoms with van der Waals surface area (Å²) in [6.07, 6.45) is 2.46. The van der Waals surface area contributed by atoms with E-state index in [1.807, 2.05) is 0 Å². The second-order valence-electron chi connectivity index (χ2n) is 4.29. The van der Waals surface area contributed by atoms with Crippen molar-refractivity contribution in [1.82, 2.24) is 4.98 Å². The average Bonchev–Trinajstić information content (AvgIpc) is 2.88. The van der Waals surface area contributed by atoms with Crippen molar-refractivity contribution in [2.24, 2.45) is 5.92 Å². The van der Waals surface area contributed by atoms with Gasteiger partial charge < -0.3 is 5.32 Å². The molecule has 84 valence electrons. The van der Waals surface area contributed by atoms with Crippen LogP contribution in [0.3, 0.4) is 0 Å². The van der Waals surface area contributed by atoms with Crippen molar-refractivity contribution >= 4 is 26.7 Å². The molecule has 0 bridgehead atoms. The van der Waals surface area contributed by atoms with Crippen LogP contribution in [0.4, 0.5) is 9.52 Å². The Kier molecular flexibility index (Phi) is 2.32. The number of benzene rings is 1. The highest BCUT2D eigenvalue weighted by Gasteiger charge is 2.35. The lowest BCUT2D eigenvalue weighted by Gasteiger charge is -1.98. The number of halogens is 1. The highest BCUT2D eigenvalue weighted by atomic mass is 32.1. The van der Waals surface area contributed by atoms with Crippen LogP contribution in [-0.4, -0.2) is 11.0 Å². The molecule has 2 unspecified atom stereocenters. The molecule has 1 saturated carbocycles. The number of aromatic nitrogens is 1. The van der Waals surface area contributed by atoms with Crippen molar-refractivity contribution < 1.29 is 4.39 Å². The van der Waals surface area contributed by atoms with E-state index in [1.165, 1.54) is 30.2 Å². The Hall–Kier alpha value is -1.16. The standard InChI is InChI=1S/C12H13FN2S/c1-2-7-5-10(7)15-12-14-9-4-3-8(13)6-11(9)16-12/h3-4,6-7,10H,2,5H2,1H3,(H,14,15). The summed E-state index contributed by atoms with van der Waals surface area (Å²) in [5, 5.41) is 4.33. The van der Waals surface area contributed by atoms with E-state index in [9.17, 15) is 4.39 Å². The van der Waals surface area contributed by atoms with Gasteiger partial charge in [-0.3, -0.25) is 0 Å². The number of anilines is 1. The summed E-state index contributed by atoms with van der Waals surface area (Å²) in [6, 6.07) is 5.31. The maximum Gasteiger partial charge on any atom is 0.184 e. The van der Waals surface area contributed by atoms with Gasteiger partial charge in [-0.15, -0.1) is 0 Å². The van der Waals surface area contributed by atoms with Crippen LogP contribution < -0.4 is 5.32 Å². The molecule has 0 radical (unpaired) electrons. The SMILES string of the molecule is CCC1CC1Nc1nc2ccc(F)cc2s1. The number of thiazole rings is 1. The Bertz CT molecular complexity index is 523. The van der Waals surface area contributed by atoms with Gasteiger partial charge in [0.1, 0.15) is 5.82 Å². The van der Waals surface area contributed by atoms with E-state index in [1.54, 1.807) is 12.1 Å². The fourth-order valence-corrected chi connectivity index (χ4v) is 2.95. The van der Waals surface area contributed by atoms with Gasteiger partial charge in [-0.05, 0) is 30.5 Å². The molecule has 1 fully saturated rings. The lowest BCUT2D eigenvalue weighted by atomic mass is 10.3. The van der Waals surface area contributed by atoms with E-state index in [2.05, 4.69) is 17.2 Å². The van der Waals surface area contributed by atoms with Crippen molar-refractivity contribution in [2.75, 3.05) is 5.32 Å². The fraction of sp³-hybridized carbons (Fsp3) is 0.417. The number of hydrogen-bond donors (Lipinski definition) is 1. The first-order valence-corrected chi connectivity index (χ1v) is 6.40. The van der Waals surface area contributed by atoms with Crippen LogP contribution in [-0.2, 0) is 0 Å². The molecule has 2 atom stereocenters. The Morgan fingerprint density at radius 2 is 2.44 bits per heavy atom. The van der Waals surface area contributed by atoms with Crippen LogP contribution in [0, 0.1) is 11.7 Å². The molecule has 4 heteroatoms. The summed E-state index contributed by atoms with van der Waals surface area (Å²) < 4.78 is 13.9. The van der Waals surface area contributed by atoms with Gasteiger partial charge in [0.05, 0.1) is 10.2 Å². The first kappa shape index (κ1) is 10.0. The summed E-state index contributed by atoms with van der Waals surface area (Å²) >= 11 is 1.53. The largest absolute Gasteiger partial charge is 0.358 e. The number of rotatable bonds is 3. The van der Waals surface area contributed by atoms with Crippen molar-refractivity contribution in [2.45, 2.75) is 25.8 Å². The number of nitrogens with zero attached hydrogens (tertiary/aromatic N) is 1. The van der Waals surface area contributed by atoms with Gasteiger partial charge in [0.2, 0.25) is 0 Å². The molecule has 0 spiro atoms. The third kappa shape index (κ3) is 1.78. The molecule has 0 saturated heterocycles. The lowest BCUT2D eigenvalue weighted by Crippen LogP contribution is -2.03. The highest BCUT2D eigenvalue weighted by Crippen LogP contribution is 2.37. The van der Waals surface area contributed by atoms with Gasteiger partial charge in [-0.25, -0.2) is 9.37 Å². The Labute approximate surface area is 97.5 Å². The molecule has 16 heavy (non-hydrogen) atoms. The van der Waals surface area contributed by atoms with E-state index in [0.29, 0.717) is 6.04 Å². The first-order valence-electron chi connectivity index (χ1n) is 5.59. The summed E-state index contributed by atoms with van der Waals surface area (Å²) in [4.78, 5) is 4.44. The smallest absolute Gasteiger partial charge is 0.184 e. The Morgan fingerprint density at radius 1 is 1.56 bits per heavy atom. The monoisotopic (exact) mass is 236 g/mol. The second-order valence-corrected chi connectivity index (χ2v) is 5.32. The van der Waals surface area contributed by atoms with Crippen molar-refractivity contribution in [3.05, 3.63) is 24.0 Å². The number of hydrogen-bond acceptors (Lipinski definition) is 3. The zero-order valence-corrected chi connectivity index (χ0v) is 9.85. The van der Waals surface area contributed by atoms with Crippen molar-refractivity contribution in [3.8, 4) is 0 Å². The predicted molar refractivity (Wildman–Crippen MR) is 65.4 cm³/mol. The molecule has 2 nitrogen and oxygen atoms in total. The zero-order chi connectivity index (χ0) is 11.1. The third-order valence-electron chi connectivity index (χ3n) is 3.11. The van der Waals surface area contributed by atoms with Crippen LogP contribution in [0.5, 0.6) is 0 Å². The molecule has 0 amide bonds. The van der Waals surface area contributed by atoms with Gasteiger partial charge in [0, 0.05) is 6.04 Å². The molecule has 0 aliphatic heterocycles. The van der Waals surface area contributed by atoms with Crippen LogP contribution in [0.25, 0.3) is 10.2 Å². The average molecular weight is 236 g/mol. The molecule has 1 aliphatic rings. The maximum atomic E-state index is 13.0. The molecule has 1 aromatic carbocycles. The number of fused-ring (bicyclic) bond motifs is 1. The van der Waals surface area contributed by atoms with Gasteiger partial charge in [0.15, 0.2) is 5.13 Å². The zero-order valence-electron chi connectivity index (χ0n) is 9.03. The molecule has 1 aromatic heterocycles. The fourth-order valence-electron chi connectivity index (χ4n) is 1.99. The van der Waals surface area contributed by atoms with Crippen molar-refractivity contribution in [1.29, 1.82) is 0 Å². The van der Waals surface area contributed by atoms with Gasteiger partial charge >= 0.3 is 0 Å². The first-order chi connectivity index (χ1) is 7.76. The quantitative estimate of drug-likeness (QED) is 0.880. The molecule has 1 aliphatic carbocycles. The predicted octanol–water partition coefficient (Wildman–Crippen LogP) is 3.65. The van der Waals surface area contributed by atoms with Gasteiger partial charge in [0.25, 0.3) is 0 Å². The second kappa shape index (κ2) is 3.70. The van der Waals surface area contributed by atoms with E-state index >= 15 is 0 Å². The minimum Gasteiger partial charge on any atom is -0.358 e. The molecular weight excluding hydrogens is 223 g/mol. The van der Waals surface area contributed by atoms with Crippen LogP contribution >= 0.6 is 11.3 Å². The normalized spacial score (nSPS) is 23.6. The minimum atomic E-state index is -0.194. The highest BCUT2D eigenvalue weighted by molar-refractivity contribution is 7.22. The van der Waals surface area contributed by atoms with Gasteiger partial charge in [-0.2, -0.15) is 0 Å². The van der Waals surface area contributed by atoms with Crippen LogP contribution in [0.2, 0.25) is 0 Å². The van der Waals surface area contributed by atoms with E-state index in [0.717, 1.165) is 21.3 Å². The summed E-state index contributed by atoms with van der Waals surface area (Å²) in [7, 11) is 0. The van der Waals surface area contributed by atoms with E-state index in [4.69, 9.17) is 0 Å². The van der Waals surface area contributed by atoms with Crippen LogP contribution in [0.1, 0.15) is 19.8 Å². The minimum absolute atomic E-state index is 0.194. The molecule has 3 rings (SSSR count).